The lowest BCUT2D eigenvalue weighted by Gasteiger charge is -2.31. The topological polar surface area (TPSA) is 143 Å². The molecule has 0 spiro atoms. The van der Waals surface area contributed by atoms with Crippen LogP contribution < -0.4 is 21.3 Å². The largest absolute Gasteiger partial charge is 0.390 e. The fourth-order valence-electron chi connectivity index (χ4n) is 5.52. The van der Waals surface area contributed by atoms with Gasteiger partial charge in [-0.05, 0) is 64.5 Å². The molecule has 0 bridgehead atoms. The van der Waals surface area contributed by atoms with Crippen LogP contribution in [0.1, 0.15) is 80.4 Å². The van der Waals surface area contributed by atoms with Gasteiger partial charge in [0, 0.05) is 37.3 Å². The molecular weight excluding hydrogens is 632 g/mol. The summed E-state index contributed by atoms with van der Waals surface area (Å²) in [7, 11) is 0. The van der Waals surface area contributed by atoms with Crippen LogP contribution in [0.3, 0.4) is 0 Å². The number of hydrogen-bond acceptors (Lipinski definition) is 7. The maximum absolute atomic E-state index is 13.4. The second-order valence-corrected chi connectivity index (χ2v) is 16.0. The van der Waals surface area contributed by atoms with Gasteiger partial charge in [0.15, 0.2) is 0 Å². The summed E-state index contributed by atoms with van der Waals surface area (Å²) in [6.45, 7) is 19.9. The molecule has 2 atom stereocenters. The fourth-order valence-corrected chi connectivity index (χ4v) is 5.52. The summed E-state index contributed by atoms with van der Waals surface area (Å²) >= 11 is 0. The number of aliphatic hydroxyl groups is 1. The molecule has 4 amide bonds. The predicted octanol–water partition coefficient (Wildman–Crippen LogP) is 3.46. The van der Waals surface area contributed by atoms with Gasteiger partial charge in [-0.1, -0.05) is 88.4 Å². The van der Waals surface area contributed by atoms with Crippen LogP contribution in [0, 0.1) is 11.8 Å². The Balaban J connectivity index is 2.23. The summed E-state index contributed by atoms with van der Waals surface area (Å²) in [6.07, 6.45) is -0.932. The molecule has 2 rings (SSSR count). The van der Waals surface area contributed by atoms with E-state index in [1.807, 2.05) is 140 Å². The number of carbonyl (C=O) groups is 4. The average Bonchev–Trinajstić information content (AvgIpc) is 2.97. The van der Waals surface area contributed by atoms with E-state index in [1.54, 1.807) is 0 Å². The molecule has 278 valence electrons. The molecule has 0 aromatic heterocycles. The highest BCUT2D eigenvalue weighted by molar-refractivity contribution is 5.89. The molecule has 0 saturated heterocycles. The van der Waals surface area contributed by atoms with Crippen molar-refractivity contribution in [1.82, 2.24) is 31.1 Å². The van der Waals surface area contributed by atoms with Gasteiger partial charge in [0.1, 0.15) is 12.1 Å². The summed E-state index contributed by atoms with van der Waals surface area (Å²) in [5.41, 5.74) is 1.03. The minimum Gasteiger partial charge on any atom is -0.390 e. The van der Waals surface area contributed by atoms with Gasteiger partial charge >= 0.3 is 0 Å². The van der Waals surface area contributed by atoms with Crippen LogP contribution in [0.2, 0.25) is 0 Å². The molecule has 2 aromatic rings. The van der Waals surface area contributed by atoms with E-state index < -0.39 is 29.3 Å². The quantitative estimate of drug-likeness (QED) is 0.161. The normalized spacial score (nSPS) is 14.0. The monoisotopic (exact) mass is 694 g/mol. The lowest BCUT2D eigenvalue weighted by molar-refractivity contribution is -0.132. The van der Waals surface area contributed by atoms with Crippen molar-refractivity contribution in [3.63, 3.8) is 0 Å². The van der Waals surface area contributed by atoms with E-state index >= 15 is 0 Å². The summed E-state index contributed by atoms with van der Waals surface area (Å²) in [6, 6.07) is 17.9. The van der Waals surface area contributed by atoms with Gasteiger partial charge < -0.3 is 26.4 Å². The maximum atomic E-state index is 13.4. The third-order valence-corrected chi connectivity index (χ3v) is 7.70. The molecule has 0 saturated carbocycles. The highest BCUT2D eigenvalue weighted by Gasteiger charge is 2.30. The predicted molar refractivity (Wildman–Crippen MR) is 199 cm³/mol. The van der Waals surface area contributed by atoms with Crippen molar-refractivity contribution in [3.8, 4) is 0 Å². The zero-order chi connectivity index (χ0) is 37.6. The zero-order valence-corrected chi connectivity index (χ0v) is 31.9. The van der Waals surface area contributed by atoms with Crippen LogP contribution in [-0.2, 0) is 32.3 Å². The SMILES string of the molecule is CC(C)C(NC(=O)CN(Cc1ccccc1)CC(O)CN(CC(=O)NC(C(=O)NC(C)(C)C)C(C)C)Cc1ccccc1)C(=O)NC(C)(C)C. The highest BCUT2D eigenvalue weighted by atomic mass is 16.3. The zero-order valence-electron chi connectivity index (χ0n) is 31.9. The number of nitrogens with zero attached hydrogens (tertiary/aromatic N) is 2. The van der Waals surface area contributed by atoms with E-state index in [4.69, 9.17) is 0 Å². The third kappa shape index (κ3) is 16.7. The molecule has 0 radical (unpaired) electrons. The van der Waals surface area contributed by atoms with E-state index in [0.717, 1.165) is 11.1 Å². The Morgan fingerprint density at radius 2 is 0.920 bits per heavy atom. The van der Waals surface area contributed by atoms with E-state index in [0.29, 0.717) is 13.1 Å². The number of amides is 4. The van der Waals surface area contributed by atoms with Crippen molar-refractivity contribution in [2.24, 2.45) is 11.8 Å². The van der Waals surface area contributed by atoms with Crippen LogP contribution in [0.4, 0.5) is 0 Å². The molecule has 0 fully saturated rings. The van der Waals surface area contributed by atoms with Crippen molar-refractivity contribution >= 4 is 23.6 Å². The van der Waals surface area contributed by atoms with Crippen LogP contribution in [0.5, 0.6) is 0 Å². The Kier molecular flexibility index (Phi) is 16.6. The lowest BCUT2D eigenvalue weighted by atomic mass is 10.0. The standard InChI is InChI=1S/C39H62N6O5/c1-27(2)34(36(49)42-38(5,6)7)40-32(47)25-44(21-29-17-13-11-14-18-29)23-31(46)24-45(22-30-19-15-12-16-20-30)26-33(48)41-35(28(3)4)37(50)43-39(8,9)10/h11-20,27-28,31,34-35,46H,21-26H2,1-10H3,(H,40,47)(H,41,48)(H,42,49)(H,43,50). The second-order valence-electron chi connectivity index (χ2n) is 16.0. The van der Waals surface area contributed by atoms with Crippen molar-refractivity contribution in [1.29, 1.82) is 0 Å². The number of hydrogen-bond donors (Lipinski definition) is 5. The van der Waals surface area contributed by atoms with Crippen molar-refractivity contribution < 1.29 is 24.3 Å². The minimum absolute atomic E-state index is 0.0455. The van der Waals surface area contributed by atoms with Crippen LogP contribution in [0.25, 0.3) is 0 Å². The highest BCUT2D eigenvalue weighted by Crippen LogP contribution is 2.12. The van der Waals surface area contributed by atoms with Gasteiger partial charge in [0.2, 0.25) is 23.6 Å². The molecule has 5 N–H and O–H groups in total. The van der Waals surface area contributed by atoms with Crippen LogP contribution in [0.15, 0.2) is 60.7 Å². The number of aliphatic hydroxyl groups excluding tert-OH is 1. The summed E-state index contributed by atoms with van der Waals surface area (Å²) in [4.78, 5) is 56.5. The molecule has 0 aliphatic heterocycles. The Bertz CT molecular complexity index is 1250. The average molecular weight is 695 g/mol. The fraction of sp³-hybridized carbons (Fsp3) is 0.590. The van der Waals surface area contributed by atoms with Gasteiger partial charge in [-0.25, -0.2) is 0 Å². The van der Waals surface area contributed by atoms with E-state index in [-0.39, 0.29) is 61.6 Å². The smallest absolute Gasteiger partial charge is 0.243 e. The summed E-state index contributed by atoms with van der Waals surface area (Å²) in [5.74, 6) is -1.43. The second kappa shape index (κ2) is 19.6. The molecule has 11 nitrogen and oxygen atoms in total. The number of carbonyl (C=O) groups excluding carboxylic acids is 4. The first-order chi connectivity index (χ1) is 23.2. The first kappa shape index (κ1) is 42.4. The van der Waals surface area contributed by atoms with Gasteiger partial charge in [-0.3, -0.25) is 29.0 Å². The summed E-state index contributed by atoms with van der Waals surface area (Å²) < 4.78 is 0. The maximum Gasteiger partial charge on any atom is 0.243 e. The Labute approximate surface area is 300 Å². The van der Waals surface area contributed by atoms with E-state index in [1.165, 1.54) is 0 Å². The van der Waals surface area contributed by atoms with Gasteiger partial charge in [-0.15, -0.1) is 0 Å². The van der Waals surface area contributed by atoms with Gasteiger partial charge in [0.05, 0.1) is 19.2 Å². The minimum atomic E-state index is -0.932. The van der Waals surface area contributed by atoms with Crippen molar-refractivity contribution in [2.75, 3.05) is 26.2 Å². The third-order valence-electron chi connectivity index (χ3n) is 7.70. The molecule has 0 aliphatic carbocycles. The van der Waals surface area contributed by atoms with E-state index in [2.05, 4.69) is 21.3 Å². The first-order valence-corrected chi connectivity index (χ1v) is 17.7. The first-order valence-electron chi connectivity index (χ1n) is 17.7. The molecule has 11 heteroatoms. The lowest BCUT2D eigenvalue weighted by Crippen LogP contribution is -2.56. The Hall–Kier alpha value is -3.80. The van der Waals surface area contributed by atoms with Crippen molar-refractivity contribution in [2.45, 2.75) is 112 Å². The molecular formula is C39H62N6O5. The number of nitrogens with one attached hydrogen (secondary N) is 4. The van der Waals surface area contributed by atoms with Gasteiger partial charge in [-0.2, -0.15) is 0 Å². The molecule has 2 unspecified atom stereocenters. The molecule has 50 heavy (non-hydrogen) atoms. The van der Waals surface area contributed by atoms with Crippen molar-refractivity contribution in [3.05, 3.63) is 71.8 Å². The molecule has 0 aliphatic rings. The molecule has 2 aromatic carbocycles. The number of benzene rings is 2. The van der Waals surface area contributed by atoms with E-state index in [9.17, 15) is 24.3 Å². The Morgan fingerprint density at radius 1 is 0.600 bits per heavy atom. The molecule has 0 heterocycles. The van der Waals surface area contributed by atoms with Gasteiger partial charge in [0.25, 0.3) is 0 Å². The Morgan fingerprint density at radius 3 is 1.20 bits per heavy atom. The van der Waals surface area contributed by atoms with Crippen LogP contribution in [-0.4, -0.2) is 94.0 Å². The van der Waals surface area contributed by atoms with Crippen LogP contribution >= 0.6 is 0 Å². The summed E-state index contributed by atoms with van der Waals surface area (Å²) in [5, 5.41) is 23.2. The number of rotatable bonds is 18.